The Hall–Kier alpha value is -2.98. The topological polar surface area (TPSA) is 61.7 Å². The largest absolute Gasteiger partial charge is 0.392 e. The van der Waals surface area contributed by atoms with Crippen LogP contribution in [0.25, 0.3) is 32.6 Å². The van der Waals surface area contributed by atoms with Crippen molar-refractivity contribution < 1.29 is 9.84 Å². The molecule has 0 spiro atoms. The van der Waals surface area contributed by atoms with Gasteiger partial charge in [0.2, 0.25) is 0 Å². The van der Waals surface area contributed by atoms with Crippen molar-refractivity contribution >= 4 is 99.0 Å². The molecule has 0 saturated heterocycles. The van der Waals surface area contributed by atoms with Gasteiger partial charge >= 0.3 is 0 Å². The van der Waals surface area contributed by atoms with Crippen LogP contribution in [0.2, 0.25) is 10.3 Å². The molecule has 234 valence electrons. The van der Waals surface area contributed by atoms with Crippen LogP contribution in [0.3, 0.4) is 0 Å². The summed E-state index contributed by atoms with van der Waals surface area (Å²) in [6, 6.07) is 28.4. The molecule has 0 saturated carbocycles. The highest BCUT2D eigenvalue weighted by Crippen LogP contribution is 2.33. The van der Waals surface area contributed by atoms with Gasteiger partial charge in [-0.25, -0.2) is 9.97 Å². The summed E-state index contributed by atoms with van der Waals surface area (Å²) >= 11 is 18.7. The van der Waals surface area contributed by atoms with Crippen molar-refractivity contribution in [1.29, 1.82) is 0 Å². The lowest BCUT2D eigenvalue weighted by Crippen LogP contribution is -2.13. The van der Waals surface area contributed by atoms with E-state index >= 15 is 0 Å². The molecule has 0 unspecified atom stereocenters. The molecule has 45 heavy (non-hydrogen) atoms. The second-order valence-corrected chi connectivity index (χ2v) is 13.1. The smallest absolute Gasteiger partial charge is 0.135 e. The fourth-order valence-electron chi connectivity index (χ4n) is 4.74. The molecular weight excluding hydrogens is 739 g/mol. The molecule has 6 aromatic rings. The van der Waals surface area contributed by atoms with Crippen molar-refractivity contribution in [3.05, 3.63) is 115 Å². The van der Waals surface area contributed by atoms with Gasteiger partial charge in [0.15, 0.2) is 0 Å². The minimum Gasteiger partial charge on any atom is -0.392 e. The zero-order valence-corrected chi connectivity index (χ0v) is 30.3. The van der Waals surface area contributed by atoms with E-state index in [9.17, 15) is 0 Å². The van der Waals surface area contributed by atoms with E-state index < -0.39 is 0 Å². The van der Waals surface area contributed by atoms with E-state index in [1.54, 1.807) is 7.11 Å². The molecule has 2 heterocycles. The Labute approximate surface area is 290 Å². The Morgan fingerprint density at radius 3 is 1.58 bits per heavy atom. The summed E-state index contributed by atoms with van der Waals surface area (Å²) in [5.41, 5.74) is 5.80. The minimum atomic E-state index is -0.0855. The number of fused-ring (bicyclic) bond motifs is 3. The van der Waals surface area contributed by atoms with Crippen LogP contribution in [0.4, 0.5) is 11.4 Å². The van der Waals surface area contributed by atoms with E-state index in [0.29, 0.717) is 22.5 Å². The van der Waals surface area contributed by atoms with Crippen LogP contribution in [-0.2, 0) is 18.0 Å². The average molecular weight is 773 g/mol. The minimum absolute atomic E-state index is 0.0855. The van der Waals surface area contributed by atoms with Crippen LogP contribution in [0.1, 0.15) is 11.1 Å². The third kappa shape index (κ3) is 8.85. The number of aliphatic hydroxyl groups is 1. The fourth-order valence-corrected chi connectivity index (χ4v) is 5.84. The van der Waals surface area contributed by atoms with Gasteiger partial charge in [0.05, 0.1) is 24.2 Å². The molecule has 0 bridgehead atoms. The summed E-state index contributed by atoms with van der Waals surface area (Å²) < 4.78 is 7.01. The number of hydrogen-bond donors (Lipinski definition) is 1. The van der Waals surface area contributed by atoms with E-state index in [1.807, 2.05) is 48.5 Å². The summed E-state index contributed by atoms with van der Waals surface area (Å²) in [7, 11) is 9.98. The lowest BCUT2D eigenvalue weighted by atomic mass is 10.1. The summed E-state index contributed by atoms with van der Waals surface area (Å²) in [5.74, 6) is 0. The Morgan fingerprint density at radius 2 is 1.13 bits per heavy atom. The van der Waals surface area contributed by atoms with Gasteiger partial charge in [0.25, 0.3) is 0 Å². The highest BCUT2D eigenvalue weighted by atomic mass is 79.9. The van der Waals surface area contributed by atoms with Crippen LogP contribution in [-0.4, -0.2) is 50.4 Å². The molecule has 2 aromatic heterocycles. The third-order valence-corrected chi connectivity index (χ3v) is 8.55. The Morgan fingerprint density at radius 1 is 0.667 bits per heavy atom. The molecule has 0 fully saturated rings. The SMILES string of the molecule is CN(C)c1cccc2cccc(N(C)C)c12.COCc1cc2ccc(Br)cc2nc1Cl.OCc1cc2ccc(Br)cc2nc1Cl. The Balaban J connectivity index is 0.000000154. The van der Waals surface area contributed by atoms with E-state index in [1.165, 1.54) is 22.1 Å². The zero-order chi connectivity index (χ0) is 32.7. The number of aliphatic hydroxyl groups excluding tert-OH is 1. The monoisotopic (exact) mass is 770 g/mol. The molecule has 0 aliphatic carbocycles. The van der Waals surface area contributed by atoms with Gasteiger partial charge in [-0.1, -0.05) is 91.5 Å². The van der Waals surface area contributed by atoms with E-state index in [0.717, 1.165) is 36.3 Å². The van der Waals surface area contributed by atoms with E-state index in [2.05, 4.69) is 116 Å². The molecule has 10 heteroatoms. The van der Waals surface area contributed by atoms with Crippen molar-refractivity contribution in [2.75, 3.05) is 45.1 Å². The summed E-state index contributed by atoms with van der Waals surface area (Å²) in [6.45, 7) is 0.398. The molecule has 4 aromatic carbocycles. The first kappa shape index (κ1) is 34.9. The summed E-state index contributed by atoms with van der Waals surface area (Å²) in [5, 5.41) is 14.5. The number of halogens is 4. The molecule has 1 N–H and O–H groups in total. The number of nitrogens with zero attached hydrogens (tertiary/aromatic N) is 4. The van der Waals surface area contributed by atoms with Crippen molar-refractivity contribution in [3.63, 3.8) is 0 Å². The number of aromatic nitrogens is 2. The second kappa shape index (κ2) is 16.0. The maximum absolute atomic E-state index is 9.00. The average Bonchev–Trinajstić information content (AvgIpc) is 3.01. The molecule has 0 atom stereocenters. The molecule has 6 nitrogen and oxygen atoms in total. The predicted molar refractivity (Wildman–Crippen MR) is 198 cm³/mol. The predicted octanol–water partition coefficient (Wildman–Crippen LogP) is 9.91. The quantitative estimate of drug-likeness (QED) is 0.176. The molecule has 0 aliphatic rings. The first-order valence-electron chi connectivity index (χ1n) is 14.0. The number of rotatable bonds is 5. The fraction of sp³-hybridized carbons (Fsp3) is 0.200. The normalized spacial score (nSPS) is 10.7. The number of anilines is 2. The van der Waals surface area contributed by atoms with E-state index in [-0.39, 0.29) is 6.61 Å². The Kier molecular flexibility index (Phi) is 12.4. The highest BCUT2D eigenvalue weighted by Gasteiger charge is 2.09. The van der Waals surface area contributed by atoms with Crippen molar-refractivity contribution in [3.8, 4) is 0 Å². The molecule has 0 radical (unpaired) electrons. The standard InChI is InChI=1S/C14H18N2.C11H9BrClNO.C10H7BrClNO/c1-15(2)12-9-5-7-11-8-6-10-13(14(11)12)16(3)4;1-15-6-8-4-7-2-3-9(12)5-10(7)14-11(8)13;11-8-2-1-6-3-7(5-14)10(12)13-9(6)4-8/h5-10H,1-4H3;2-5H,6H2,1H3;1-4,14H,5H2. The highest BCUT2D eigenvalue weighted by molar-refractivity contribution is 9.10. The number of ether oxygens (including phenoxy) is 1. The van der Waals surface area contributed by atoms with Gasteiger partial charge in [-0.05, 0) is 53.9 Å². The van der Waals surface area contributed by atoms with Crippen molar-refractivity contribution in [2.24, 2.45) is 0 Å². The molecule has 6 rings (SSSR count). The number of hydrogen-bond acceptors (Lipinski definition) is 6. The van der Waals surface area contributed by atoms with Gasteiger partial charge in [-0.2, -0.15) is 0 Å². The van der Waals surface area contributed by atoms with Crippen LogP contribution >= 0.6 is 55.1 Å². The maximum Gasteiger partial charge on any atom is 0.135 e. The van der Waals surface area contributed by atoms with Crippen LogP contribution in [0.15, 0.2) is 93.9 Å². The lowest BCUT2D eigenvalue weighted by molar-refractivity contribution is 0.185. The van der Waals surface area contributed by atoms with Crippen LogP contribution in [0, 0.1) is 0 Å². The van der Waals surface area contributed by atoms with E-state index in [4.69, 9.17) is 33.0 Å². The lowest BCUT2D eigenvalue weighted by Gasteiger charge is -2.21. The van der Waals surface area contributed by atoms with Crippen LogP contribution in [0.5, 0.6) is 0 Å². The zero-order valence-electron chi connectivity index (χ0n) is 25.7. The van der Waals surface area contributed by atoms with Crippen LogP contribution < -0.4 is 9.80 Å². The summed E-state index contributed by atoms with van der Waals surface area (Å²) in [4.78, 5) is 12.8. The van der Waals surface area contributed by atoms with Gasteiger partial charge in [0, 0.05) is 82.9 Å². The van der Waals surface area contributed by atoms with Gasteiger partial charge in [-0.3, -0.25) is 0 Å². The first-order chi connectivity index (χ1) is 21.5. The van der Waals surface area contributed by atoms with Gasteiger partial charge in [-0.15, -0.1) is 0 Å². The second-order valence-electron chi connectivity index (χ2n) is 10.6. The number of methoxy groups -OCH3 is 1. The third-order valence-electron chi connectivity index (χ3n) is 6.91. The maximum atomic E-state index is 9.00. The molecule has 0 aliphatic heterocycles. The Bertz CT molecular complexity index is 1890. The van der Waals surface area contributed by atoms with Crippen molar-refractivity contribution in [1.82, 2.24) is 9.97 Å². The molecule has 0 amide bonds. The van der Waals surface area contributed by atoms with Crippen molar-refractivity contribution in [2.45, 2.75) is 13.2 Å². The van der Waals surface area contributed by atoms with Gasteiger partial charge < -0.3 is 19.6 Å². The number of pyridine rings is 2. The molecular formula is C35H34Br2Cl2N4O2. The first-order valence-corrected chi connectivity index (χ1v) is 16.3. The number of benzene rings is 4. The van der Waals surface area contributed by atoms with Gasteiger partial charge in [0.1, 0.15) is 10.3 Å². The summed E-state index contributed by atoms with van der Waals surface area (Å²) in [6.07, 6.45) is 0.